The number of H-pyrrole nitrogens is 1. The fourth-order valence-electron chi connectivity index (χ4n) is 2.59. The number of aromatic nitrogens is 1. The largest absolute Gasteiger partial charge is 0.363 e. The zero-order valence-corrected chi connectivity index (χ0v) is 12.4. The second kappa shape index (κ2) is 5.79. The molecule has 106 valence electrons. The Morgan fingerprint density at radius 1 is 1.40 bits per heavy atom. The van der Waals surface area contributed by atoms with Gasteiger partial charge < -0.3 is 9.88 Å². The van der Waals surface area contributed by atoms with E-state index in [1.807, 2.05) is 30.5 Å². The highest BCUT2D eigenvalue weighted by Gasteiger charge is 2.14. The van der Waals surface area contributed by atoms with Gasteiger partial charge in [-0.05, 0) is 12.5 Å². The fourth-order valence-corrected chi connectivity index (χ4v) is 3.69. The van der Waals surface area contributed by atoms with Crippen molar-refractivity contribution in [3.8, 4) is 0 Å². The van der Waals surface area contributed by atoms with Crippen LogP contribution in [0.15, 0.2) is 40.4 Å². The average Bonchev–Trinajstić information content (AvgIpc) is 3.05. The molecule has 0 aliphatic carbocycles. The van der Waals surface area contributed by atoms with Gasteiger partial charge >= 0.3 is 0 Å². The molecular formula is C15H19N3OS. The van der Waals surface area contributed by atoms with E-state index in [2.05, 4.69) is 21.9 Å². The molecule has 5 heteroatoms. The van der Waals surface area contributed by atoms with Gasteiger partial charge in [-0.3, -0.25) is 9.20 Å². The Labute approximate surface area is 121 Å². The lowest BCUT2D eigenvalue weighted by Crippen LogP contribution is -2.19. The van der Waals surface area contributed by atoms with Crippen LogP contribution in [0.25, 0.3) is 10.9 Å². The lowest BCUT2D eigenvalue weighted by atomic mass is 10.2. The Balaban J connectivity index is 1.68. The Morgan fingerprint density at radius 2 is 2.25 bits per heavy atom. The predicted molar refractivity (Wildman–Crippen MR) is 83.7 cm³/mol. The van der Waals surface area contributed by atoms with Crippen molar-refractivity contribution in [2.75, 3.05) is 25.9 Å². The van der Waals surface area contributed by atoms with E-state index in [0.29, 0.717) is 12.3 Å². The van der Waals surface area contributed by atoms with Crippen molar-refractivity contribution < 1.29 is 4.21 Å². The molecule has 2 aromatic rings. The zero-order valence-electron chi connectivity index (χ0n) is 11.6. The monoisotopic (exact) mass is 289 g/mol. The molecule has 1 atom stereocenters. The molecule has 1 aliphatic rings. The van der Waals surface area contributed by atoms with Crippen LogP contribution in [0.3, 0.4) is 0 Å². The van der Waals surface area contributed by atoms with Gasteiger partial charge in [-0.2, -0.15) is 0 Å². The minimum atomic E-state index is -0.995. The number of nitrogens with zero attached hydrogens (tertiary/aromatic N) is 2. The molecule has 1 aliphatic heterocycles. The van der Waals surface area contributed by atoms with Gasteiger partial charge in [0.25, 0.3) is 0 Å². The molecule has 1 N–H and O–H groups in total. The van der Waals surface area contributed by atoms with Crippen molar-refractivity contribution in [1.82, 2.24) is 9.88 Å². The molecule has 1 fully saturated rings. The Kier molecular flexibility index (Phi) is 3.87. The van der Waals surface area contributed by atoms with Crippen LogP contribution in [0.5, 0.6) is 0 Å². The molecule has 1 aromatic carbocycles. The predicted octanol–water partition coefficient (Wildman–Crippen LogP) is 2.40. The van der Waals surface area contributed by atoms with Gasteiger partial charge in [0.2, 0.25) is 0 Å². The zero-order chi connectivity index (χ0) is 13.9. The van der Waals surface area contributed by atoms with Crippen LogP contribution < -0.4 is 0 Å². The van der Waals surface area contributed by atoms with E-state index in [-0.39, 0.29) is 0 Å². The molecule has 0 radical (unpaired) electrons. The van der Waals surface area contributed by atoms with Crippen LogP contribution in [0.4, 0.5) is 0 Å². The molecule has 1 saturated heterocycles. The second-order valence-electron chi connectivity index (χ2n) is 5.07. The lowest BCUT2D eigenvalue weighted by Gasteiger charge is -2.10. The van der Waals surface area contributed by atoms with Gasteiger partial charge in [0.1, 0.15) is 0 Å². The first-order chi connectivity index (χ1) is 9.75. The van der Waals surface area contributed by atoms with Crippen LogP contribution in [0, 0.1) is 0 Å². The van der Waals surface area contributed by atoms with Gasteiger partial charge in [0, 0.05) is 42.9 Å². The molecule has 1 aromatic heterocycles. The van der Waals surface area contributed by atoms with Gasteiger partial charge in [0.15, 0.2) is 0 Å². The van der Waals surface area contributed by atoms with Gasteiger partial charge in [-0.15, -0.1) is 0 Å². The summed E-state index contributed by atoms with van der Waals surface area (Å²) >= 11 is 0. The molecule has 3 rings (SSSR count). The minimum Gasteiger partial charge on any atom is -0.363 e. The molecule has 0 spiro atoms. The van der Waals surface area contributed by atoms with Gasteiger partial charge in [-0.1, -0.05) is 18.2 Å². The van der Waals surface area contributed by atoms with E-state index in [4.69, 9.17) is 0 Å². The molecule has 0 saturated carbocycles. The third-order valence-corrected chi connectivity index (χ3v) is 5.08. The van der Waals surface area contributed by atoms with Crippen LogP contribution in [-0.4, -0.2) is 45.8 Å². The van der Waals surface area contributed by atoms with Crippen molar-refractivity contribution in [1.29, 1.82) is 0 Å². The van der Waals surface area contributed by atoms with E-state index < -0.39 is 10.8 Å². The number of fused-ring (bicyclic) bond motifs is 1. The van der Waals surface area contributed by atoms with Crippen LogP contribution in [0.1, 0.15) is 12.8 Å². The Hall–Kier alpha value is -1.62. The van der Waals surface area contributed by atoms with Crippen LogP contribution >= 0.6 is 0 Å². The van der Waals surface area contributed by atoms with Crippen molar-refractivity contribution in [2.24, 2.45) is 4.99 Å². The Morgan fingerprint density at radius 3 is 3.05 bits per heavy atom. The first-order valence-electron chi connectivity index (χ1n) is 6.94. The maximum atomic E-state index is 12.4. The second-order valence-corrected chi connectivity index (χ2v) is 6.61. The SMILES string of the molecule is CN1CCCC1=NCCS(=O)c1c[nH]c2ccccc12. The van der Waals surface area contributed by atoms with Gasteiger partial charge in [-0.25, -0.2) is 0 Å². The highest BCUT2D eigenvalue weighted by atomic mass is 32.2. The number of para-hydroxylation sites is 1. The summed E-state index contributed by atoms with van der Waals surface area (Å²) in [5.74, 6) is 1.74. The number of amidine groups is 1. The number of nitrogens with one attached hydrogen (secondary N) is 1. The third-order valence-electron chi connectivity index (χ3n) is 3.70. The summed E-state index contributed by atoms with van der Waals surface area (Å²) < 4.78 is 12.4. The Bertz CT molecular complexity index is 662. The minimum absolute atomic E-state index is 0.583. The summed E-state index contributed by atoms with van der Waals surface area (Å²) in [5.41, 5.74) is 1.04. The van der Waals surface area contributed by atoms with E-state index in [9.17, 15) is 4.21 Å². The molecule has 1 unspecified atom stereocenters. The smallest absolute Gasteiger partial charge is 0.0987 e. The molecule has 2 heterocycles. The number of benzene rings is 1. The maximum absolute atomic E-state index is 12.4. The van der Waals surface area contributed by atoms with Gasteiger partial charge in [0.05, 0.1) is 28.1 Å². The maximum Gasteiger partial charge on any atom is 0.0987 e. The standard InChI is InChI=1S/C15H19N3OS/c1-18-9-4-7-15(18)16-8-10-20(19)14-11-17-13-6-3-2-5-12(13)14/h2-3,5-6,11,17H,4,7-10H2,1H3. The number of aliphatic imine (C=N–C) groups is 1. The van der Waals surface area contributed by atoms with Crippen LogP contribution in [0.2, 0.25) is 0 Å². The summed E-state index contributed by atoms with van der Waals surface area (Å²) in [6.07, 6.45) is 4.09. The average molecular weight is 289 g/mol. The number of hydrogen-bond acceptors (Lipinski definition) is 2. The quantitative estimate of drug-likeness (QED) is 0.939. The van der Waals surface area contributed by atoms with Crippen molar-refractivity contribution in [3.63, 3.8) is 0 Å². The first-order valence-corrected chi connectivity index (χ1v) is 8.26. The van der Waals surface area contributed by atoms with E-state index in [1.165, 1.54) is 6.42 Å². The molecule has 20 heavy (non-hydrogen) atoms. The molecule has 0 amide bonds. The first kappa shape index (κ1) is 13.4. The fraction of sp³-hybridized carbons (Fsp3) is 0.400. The summed E-state index contributed by atoms with van der Waals surface area (Å²) in [7, 11) is 1.08. The number of aromatic amines is 1. The number of hydrogen-bond donors (Lipinski definition) is 1. The lowest BCUT2D eigenvalue weighted by molar-refractivity contribution is 0.548. The highest BCUT2D eigenvalue weighted by molar-refractivity contribution is 7.85. The molecule has 0 bridgehead atoms. The normalized spacial score (nSPS) is 19.1. The topological polar surface area (TPSA) is 48.5 Å². The summed E-state index contributed by atoms with van der Waals surface area (Å²) in [5, 5.41) is 1.05. The molecular weight excluding hydrogens is 270 g/mol. The summed E-state index contributed by atoms with van der Waals surface area (Å²) in [6, 6.07) is 7.97. The van der Waals surface area contributed by atoms with E-state index >= 15 is 0 Å². The summed E-state index contributed by atoms with van der Waals surface area (Å²) in [6.45, 7) is 1.72. The van der Waals surface area contributed by atoms with Crippen LogP contribution in [-0.2, 0) is 10.8 Å². The van der Waals surface area contributed by atoms with E-state index in [1.54, 1.807) is 0 Å². The summed E-state index contributed by atoms with van der Waals surface area (Å²) in [4.78, 5) is 10.8. The van der Waals surface area contributed by atoms with Crippen molar-refractivity contribution in [2.45, 2.75) is 17.7 Å². The van der Waals surface area contributed by atoms with Crippen molar-refractivity contribution in [3.05, 3.63) is 30.5 Å². The number of likely N-dealkylation sites (tertiary alicyclic amines) is 1. The molecule has 4 nitrogen and oxygen atoms in total. The third kappa shape index (κ3) is 2.63. The number of rotatable bonds is 4. The van der Waals surface area contributed by atoms with Crippen molar-refractivity contribution >= 4 is 27.5 Å². The van der Waals surface area contributed by atoms with E-state index in [0.717, 1.165) is 34.6 Å². The highest BCUT2D eigenvalue weighted by Crippen LogP contribution is 2.21.